The fraction of sp³-hybridized carbons (Fsp3) is 0.227. The molecule has 0 radical (unpaired) electrons. The summed E-state index contributed by atoms with van der Waals surface area (Å²) in [4.78, 5) is 4.14. The van der Waals surface area contributed by atoms with Gasteiger partial charge in [0.2, 0.25) is 7.84 Å². The normalized spacial score (nSPS) is 13.7. The van der Waals surface area contributed by atoms with Crippen LogP contribution in [0.25, 0.3) is 0 Å². The molecule has 0 spiro atoms. The van der Waals surface area contributed by atoms with Gasteiger partial charge in [0.05, 0.1) is 56.9 Å². The van der Waals surface area contributed by atoms with Gasteiger partial charge in [0.15, 0.2) is 12.7 Å². The highest BCUT2D eigenvalue weighted by atomic mass is 80.0. The maximum absolute atomic E-state index is 14.2. The lowest BCUT2D eigenvalue weighted by molar-refractivity contribution is -0.695. The van der Waals surface area contributed by atoms with Gasteiger partial charge in [-0.25, -0.2) is 0 Å². The first-order valence-electron chi connectivity index (χ1n) is 19.6. The third-order valence-corrected chi connectivity index (χ3v) is 12.0. The van der Waals surface area contributed by atoms with Crippen molar-refractivity contribution >= 4 is 75.8 Å². The van der Waals surface area contributed by atoms with E-state index in [1.807, 2.05) is 30.6 Å². The topological polar surface area (TPSA) is 16.8 Å². The summed E-state index contributed by atoms with van der Waals surface area (Å²) in [6.45, 7) is 0.809. The first-order valence-corrected chi connectivity index (χ1v) is 22.0. The van der Waals surface area contributed by atoms with E-state index >= 15 is 0 Å². The molecule has 6 rings (SSSR count). The van der Waals surface area contributed by atoms with Gasteiger partial charge in [-0.2, -0.15) is 132 Å². The standard InChI is InChI=1S/C32H12BF24.C12H10Br3N2/c34-25(35,36)13-1-14(26(37,38)39)6-21(5-13)33(22-7-15(27(40,41)42)2-16(8-22)28(43,44)45,23-9-17(29(46,47)48)3-18(10-23)30(49,50)51)24-11-19(31(52,53)54)4-20(12-24)32(55,56)57;13-12(14,15)11-8-16-6-7-17(11)9-10-4-2-1-3-5-10/h1-12H;1-8H,9H2/q-1;+1. The molecule has 6 aromatic rings. The van der Waals surface area contributed by atoms with Crippen LogP contribution in [0, 0.1) is 0 Å². The fourth-order valence-corrected chi connectivity index (χ4v) is 8.60. The van der Waals surface area contributed by atoms with Crippen LogP contribution in [-0.4, -0.2) is 11.1 Å². The van der Waals surface area contributed by atoms with Crippen molar-refractivity contribution in [2.45, 2.75) is 58.1 Å². The first-order chi connectivity index (χ1) is 33.3. The van der Waals surface area contributed by atoms with E-state index in [2.05, 4.69) is 69.5 Å². The van der Waals surface area contributed by atoms with E-state index in [9.17, 15) is 105 Å². The lowest BCUT2D eigenvalue weighted by Gasteiger charge is -2.46. The Balaban J connectivity index is 0.000000500. The molecule has 30 heteroatoms. The van der Waals surface area contributed by atoms with Crippen LogP contribution in [-0.2, 0) is 58.1 Å². The minimum absolute atomic E-state index is 0.448. The smallest absolute Gasteiger partial charge is 0.252 e. The van der Waals surface area contributed by atoms with Crippen LogP contribution in [0.3, 0.4) is 0 Å². The third-order valence-electron chi connectivity index (χ3n) is 10.8. The fourth-order valence-electron chi connectivity index (χ4n) is 7.61. The molecule has 5 aromatic carbocycles. The number of aromatic nitrogens is 2. The second kappa shape index (κ2) is 20.5. The molecule has 0 bridgehead atoms. The van der Waals surface area contributed by atoms with Gasteiger partial charge in [-0.3, -0.25) is 4.98 Å². The van der Waals surface area contributed by atoms with Crippen LogP contribution >= 0.6 is 47.8 Å². The maximum atomic E-state index is 14.2. The van der Waals surface area contributed by atoms with Crippen molar-refractivity contribution in [1.29, 1.82) is 0 Å². The van der Waals surface area contributed by atoms with Crippen molar-refractivity contribution in [3.05, 3.63) is 177 Å². The summed E-state index contributed by atoms with van der Waals surface area (Å²) in [7, 11) is 0. The Morgan fingerprint density at radius 1 is 0.365 bits per heavy atom. The van der Waals surface area contributed by atoms with Gasteiger partial charge in [-0.1, -0.05) is 78.9 Å². The van der Waals surface area contributed by atoms with E-state index in [4.69, 9.17) is 0 Å². The molecule has 0 atom stereocenters. The number of rotatable bonds is 6. The molecular formula is C44H22BBr3F24N2. The summed E-state index contributed by atoms with van der Waals surface area (Å²) in [6.07, 6.45) is -49.2. The van der Waals surface area contributed by atoms with Gasteiger partial charge in [0.25, 0.3) is 0 Å². The number of hydrogen-bond donors (Lipinski definition) is 0. The maximum Gasteiger partial charge on any atom is 0.416 e. The molecule has 0 fully saturated rings. The van der Waals surface area contributed by atoms with E-state index in [0.29, 0.717) is 0 Å². The summed E-state index contributed by atoms with van der Waals surface area (Å²) in [5, 5.41) is 0. The molecule has 0 N–H and O–H groups in total. The van der Waals surface area contributed by atoms with Gasteiger partial charge >= 0.3 is 49.4 Å². The average Bonchev–Trinajstić information content (AvgIpc) is 3.24. The second-order valence-electron chi connectivity index (χ2n) is 15.8. The zero-order valence-corrected chi connectivity index (χ0v) is 40.2. The van der Waals surface area contributed by atoms with Crippen LogP contribution in [0.4, 0.5) is 105 Å². The summed E-state index contributed by atoms with van der Waals surface area (Å²) >= 11 is 10.6. The van der Waals surface area contributed by atoms with Gasteiger partial charge in [-0.05, 0) is 72.1 Å². The van der Waals surface area contributed by atoms with Crippen LogP contribution < -0.4 is 26.4 Å². The number of alkyl halides is 27. The van der Waals surface area contributed by atoms with Crippen molar-refractivity contribution in [3.8, 4) is 0 Å². The Morgan fingerprint density at radius 3 is 0.824 bits per heavy atom. The van der Waals surface area contributed by atoms with Crippen molar-refractivity contribution in [3.63, 3.8) is 0 Å². The van der Waals surface area contributed by atoms with Gasteiger partial charge < -0.3 is 0 Å². The molecule has 0 saturated heterocycles. The molecule has 2 nitrogen and oxygen atoms in total. The lowest BCUT2D eigenvalue weighted by Crippen LogP contribution is -2.75. The van der Waals surface area contributed by atoms with Gasteiger partial charge in [-0.15, -0.1) is 0 Å². The van der Waals surface area contributed by atoms with E-state index in [-0.39, 0.29) is 0 Å². The Bertz CT molecular complexity index is 2530. The Kier molecular flexibility index (Phi) is 16.6. The summed E-state index contributed by atoms with van der Waals surface area (Å²) in [6, 6.07) is 1.51. The van der Waals surface area contributed by atoms with Gasteiger partial charge in [0.1, 0.15) is 6.15 Å². The van der Waals surface area contributed by atoms with Crippen LogP contribution in [0.15, 0.2) is 122 Å². The van der Waals surface area contributed by atoms with Gasteiger partial charge in [0, 0.05) is 5.56 Å². The molecule has 0 amide bonds. The molecule has 0 aliphatic rings. The Labute approximate surface area is 424 Å². The zero-order chi connectivity index (χ0) is 56.2. The molecule has 400 valence electrons. The van der Waals surface area contributed by atoms with Crippen molar-refractivity contribution < 1.29 is 110 Å². The highest BCUT2D eigenvalue weighted by Gasteiger charge is 2.47. The molecule has 0 saturated carbocycles. The predicted molar refractivity (Wildman–Crippen MR) is 229 cm³/mol. The molecule has 0 unspecified atom stereocenters. The van der Waals surface area contributed by atoms with E-state index in [1.165, 1.54) is 5.56 Å². The lowest BCUT2D eigenvalue weighted by atomic mass is 9.12. The summed E-state index contributed by atoms with van der Waals surface area (Å²) in [5.74, 6) is 0. The number of nitrogens with zero attached hydrogens (tertiary/aromatic N) is 2. The third kappa shape index (κ3) is 14.1. The monoisotopic (exact) mass is 1280 g/mol. The highest BCUT2D eigenvalue weighted by molar-refractivity contribution is 9.38. The quantitative estimate of drug-likeness (QED) is 0.0703. The molecular weight excluding hydrogens is 1260 g/mol. The predicted octanol–water partition coefficient (Wildman–Crippen LogP) is 14.9. The molecule has 0 aliphatic carbocycles. The SMILES string of the molecule is BrC(Br)(Br)c1cncc[n+]1Cc1ccccc1.FC(F)(F)c1cc([B-](c2cc(C(F)(F)F)cc(C(F)(F)F)c2)(c2cc(C(F)(F)F)cc(C(F)(F)F)c2)c2cc(C(F)(F)F)cc(C(F)(F)F)c2)cc(C(F)(F)F)c1. The Hall–Kier alpha value is -5.00. The van der Waals surface area contributed by atoms with Crippen LogP contribution in [0.5, 0.6) is 0 Å². The minimum Gasteiger partial charge on any atom is -0.252 e. The van der Waals surface area contributed by atoms with E-state index in [1.54, 1.807) is 6.20 Å². The summed E-state index contributed by atoms with van der Waals surface area (Å²) < 4.78 is 342. The zero-order valence-electron chi connectivity index (χ0n) is 35.4. The molecule has 74 heavy (non-hydrogen) atoms. The molecule has 1 aromatic heterocycles. The van der Waals surface area contributed by atoms with Crippen molar-refractivity contribution in [1.82, 2.24) is 4.98 Å². The Morgan fingerprint density at radius 2 is 0.608 bits per heavy atom. The first kappa shape index (κ1) is 59.9. The molecule has 1 heterocycles. The largest absolute Gasteiger partial charge is 0.416 e. The number of hydrogen-bond acceptors (Lipinski definition) is 1. The van der Waals surface area contributed by atoms with E-state index < -0.39 is 197 Å². The molecule has 0 aliphatic heterocycles. The van der Waals surface area contributed by atoms with Crippen molar-refractivity contribution in [2.75, 3.05) is 0 Å². The van der Waals surface area contributed by atoms with Crippen LogP contribution in [0.1, 0.15) is 55.8 Å². The minimum atomic E-state index is -6.13. The number of benzene rings is 5. The van der Waals surface area contributed by atoms with Crippen LogP contribution in [0.2, 0.25) is 0 Å². The highest BCUT2D eigenvalue weighted by Crippen LogP contribution is 2.43. The summed E-state index contributed by atoms with van der Waals surface area (Å²) in [5.41, 5.74) is -27.9. The van der Waals surface area contributed by atoms with Crippen molar-refractivity contribution in [2.24, 2.45) is 0 Å². The second-order valence-corrected chi connectivity index (χ2v) is 22.6. The van der Waals surface area contributed by atoms with E-state index in [0.717, 1.165) is 12.2 Å². The number of halogens is 27. The average molecular weight is 1290 g/mol.